The molecule has 2 N–H and O–H groups in total. The molecular formula is C18H20FN5O2. The average Bonchev–Trinajstić information content (AvgIpc) is 2.96. The second kappa shape index (κ2) is 8.48. The molecule has 0 saturated carbocycles. The lowest BCUT2D eigenvalue weighted by Gasteiger charge is -2.20. The van der Waals surface area contributed by atoms with Gasteiger partial charge in [0.2, 0.25) is 0 Å². The molecule has 0 atom stereocenters. The molecule has 2 aromatic rings. The van der Waals surface area contributed by atoms with E-state index in [1.165, 1.54) is 24.5 Å². The molecule has 8 heteroatoms. The summed E-state index contributed by atoms with van der Waals surface area (Å²) in [7, 11) is 0. The number of halogens is 1. The highest BCUT2D eigenvalue weighted by atomic mass is 19.1. The quantitative estimate of drug-likeness (QED) is 0.852. The van der Waals surface area contributed by atoms with Crippen molar-refractivity contribution in [3.8, 4) is 0 Å². The van der Waals surface area contributed by atoms with Crippen LogP contribution in [0.2, 0.25) is 0 Å². The molecule has 1 aliphatic rings. The summed E-state index contributed by atoms with van der Waals surface area (Å²) in [6.45, 7) is 2.94. The third-order valence-corrected chi connectivity index (χ3v) is 4.11. The third kappa shape index (κ3) is 4.40. The lowest BCUT2D eigenvalue weighted by atomic mass is 10.2. The van der Waals surface area contributed by atoms with Crippen molar-refractivity contribution in [1.29, 1.82) is 0 Å². The third-order valence-electron chi connectivity index (χ3n) is 4.11. The van der Waals surface area contributed by atoms with E-state index in [4.69, 9.17) is 0 Å². The maximum atomic E-state index is 12.9. The van der Waals surface area contributed by atoms with Crippen molar-refractivity contribution < 1.29 is 14.0 Å². The first-order chi connectivity index (χ1) is 12.6. The number of aromatic nitrogens is 2. The standard InChI is InChI=1S/C18H20FN5O2/c19-14-4-2-13(3-5-14)12-23-17(25)15-16(22-8-7-21-15)18(26)24-10-1-6-20-9-11-24/h2-5,7-8,20H,1,6,9-12H2,(H,23,25). The van der Waals surface area contributed by atoms with E-state index < -0.39 is 5.91 Å². The summed E-state index contributed by atoms with van der Waals surface area (Å²) >= 11 is 0. The molecule has 1 fully saturated rings. The molecule has 0 unspecified atom stereocenters. The Kier molecular flexibility index (Phi) is 5.85. The summed E-state index contributed by atoms with van der Waals surface area (Å²) < 4.78 is 12.9. The van der Waals surface area contributed by atoms with Crippen molar-refractivity contribution in [2.45, 2.75) is 13.0 Å². The number of nitrogens with one attached hydrogen (secondary N) is 2. The fourth-order valence-electron chi connectivity index (χ4n) is 2.73. The average molecular weight is 357 g/mol. The van der Waals surface area contributed by atoms with Crippen molar-refractivity contribution >= 4 is 11.8 Å². The Morgan fingerprint density at radius 1 is 1.08 bits per heavy atom. The topological polar surface area (TPSA) is 87.2 Å². The van der Waals surface area contributed by atoms with Gasteiger partial charge in [0.1, 0.15) is 5.82 Å². The molecule has 0 radical (unpaired) electrons. The van der Waals surface area contributed by atoms with Crippen molar-refractivity contribution in [2.24, 2.45) is 0 Å². The summed E-state index contributed by atoms with van der Waals surface area (Å²) in [5, 5.41) is 5.93. The number of rotatable bonds is 4. The van der Waals surface area contributed by atoms with Gasteiger partial charge in [0.05, 0.1) is 0 Å². The minimum Gasteiger partial charge on any atom is -0.347 e. The fraction of sp³-hybridized carbons (Fsp3) is 0.333. The summed E-state index contributed by atoms with van der Waals surface area (Å²) in [5.74, 6) is -1.12. The Bertz CT molecular complexity index is 773. The highest BCUT2D eigenvalue weighted by Crippen LogP contribution is 2.09. The molecule has 1 saturated heterocycles. The maximum Gasteiger partial charge on any atom is 0.274 e. The van der Waals surface area contributed by atoms with Gasteiger partial charge >= 0.3 is 0 Å². The highest BCUT2D eigenvalue weighted by molar-refractivity contribution is 6.04. The lowest BCUT2D eigenvalue weighted by molar-refractivity contribution is 0.0752. The zero-order valence-corrected chi connectivity index (χ0v) is 14.2. The van der Waals surface area contributed by atoms with Crippen LogP contribution in [0.25, 0.3) is 0 Å². The van der Waals surface area contributed by atoms with Gasteiger partial charge in [-0.05, 0) is 30.7 Å². The molecule has 7 nitrogen and oxygen atoms in total. The van der Waals surface area contributed by atoms with Gasteiger partial charge < -0.3 is 15.5 Å². The van der Waals surface area contributed by atoms with E-state index >= 15 is 0 Å². The van der Waals surface area contributed by atoms with Crippen LogP contribution in [0.5, 0.6) is 0 Å². The van der Waals surface area contributed by atoms with Gasteiger partial charge in [-0.2, -0.15) is 0 Å². The lowest BCUT2D eigenvalue weighted by Crippen LogP contribution is -2.37. The fourth-order valence-corrected chi connectivity index (χ4v) is 2.73. The zero-order chi connectivity index (χ0) is 18.4. The molecule has 3 rings (SSSR count). The van der Waals surface area contributed by atoms with Gasteiger partial charge in [0, 0.05) is 38.6 Å². The van der Waals surface area contributed by atoms with Gasteiger partial charge in [-0.15, -0.1) is 0 Å². The first kappa shape index (κ1) is 17.9. The zero-order valence-electron chi connectivity index (χ0n) is 14.2. The Hall–Kier alpha value is -2.87. The van der Waals surface area contributed by atoms with E-state index in [1.807, 2.05) is 0 Å². The SMILES string of the molecule is O=C(NCc1ccc(F)cc1)c1nccnc1C(=O)N1CCCNCC1. The van der Waals surface area contributed by atoms with Gasteiger partial charge in [-0.3, -0.25) is 9.59 Å². The summed E-state index contributed by atoms with van der Waals surface area (Å²) in [6.07, 6.45) is 3.63. The van der Waals surface area contributed by atoms with Crippen LogP contribution in [0, 0.1) is 5.82 Å². The molecule has 1 aromatic heterocycles. The van der Waals surface area contributed by atoms with Crippen molar-refractivity contribution in [3.63, 3.8) is 0 Å². The Balaban J connectivity index is 1.72. The molecule has 2 heterocycles. The number of hydrogen-bond donors (Lipinski definition) is 2. The largest absolute Gasteiger partial charge is 0.347 e. The van der Waals surface area contributed by atoms with Gasteiger partial charge in [0.15, 0.2) is 11.4 Å². The molecular weight excluding hydrogens is 337 g/mol. The molecule has 1 aromatic carbocycles. The van der Waals surface area contributed by atoms with Crippen LogP contribution in [-0.4, -0.2) is 52.9 Å². The van der Waals surface area contributed by atoms with Crippen LogP contribution in [0.4, 0.5) is 4.39 Å². The van der Waals surface area contributed by atoms with Crippen LogP contribution >= 0.6 is 0 Å². The number of carbonyl (C=O) groups is 2. The van der Waals surface area contributed by atoms with Crippen molar-refractivity contribution in [3.05, 3.63) is 59.4 Å². The van der Waals surface area contributed by atoms with Crippen LogP contribution in [0.15, 0.2) is 36.7 Å². The summed E-state index contributed by atoms with van der Waals surface area (Å²) in [4.78, 5) is 35.1. The number of amides is 2. The van der Waals surface area contributed by atoms with E-state index in [-0.39, 0.29) is 29.7 Å². The van der Waals surface area contributed by atoms with E-state index in [9.17, 15) is 14.0 Å². The van der Waals surface area contributed by atoms with Crippen LogP contribution in [0.1, 0.15) is 33.0 Å². The van der Waals surface area contributed by atoms with Crippen molar-refractivity contribution in [2.75, 3.05) is 26.2 Å². The number of carbonyl (C=O) groups excluding carboxylic acids is 2. The van der Waals surface area contributed by atoms with E-state index in [0.717, 1.165) is 18.5 Å². The molecule has 0 bridgehead atoms. The second-order valence-electron chi connectivity index (χ2n) is 5.96. The van der Waals surface area contributed by atoms with E-state index in [2.05, 4.69) is 20.6 Å². The normalized spacial score (nSPS) is 14.6. The number of benzene rings is 1. The maximum absolute atomic E-state index is 12.9. The number of hydrogen-bond acceptors (Lipinski definition) is 5. The highest BCUT2D eigenvalue weighted by Gasteiger charge is 2.25. The summed E-state index contributed by atoms with van der Waals surface area (Å²) in [6, 6.07) is 5.82. The predicted octanol–water partition coefficient (Wildman–Crippen LogP) is 0.981. The molecule has 26 heavy (non-hydrogen) atoms. The minimum atomic E-state index is -0.487. The molecule has 1 aliphatic heterocycles. The Labute approximate surface area is 150 Å². The summed E-state index contributed by atoms with van der Waals surface area (Å²) in [5.41, 5.74) is 0.790. The van der Waals surface area contributed by atoms with E-state index in [1.54, 1.807) is 17.0 Å². The Morgan fingerprint density at radius 3 is 2.58 bits per heavy atom. The van der Waals surface area contributed by atoms with Gasteiger partial charge in [0.25, 0.3) is 11.8 Å². The first-order valence-corrected chi connectivity index (χ1v) is 8.49. The second-order valence-corrected chi connectivity index (χ2v) is 5.96. The van der Waals surface area contributed by atoms with Gasteiger partial charge in [-0.1, -0.05) is 12.1 Å². The van der Waals surface area contributed by atoms with Gasteiger partial charge in [-0.25, -0.2) is 14.4 Å². The smallest absolute Gasteiger partial charge is 0.274 e. The molecule has 136 valence electrons. The molecule has 0 aliphatic carbocycles. The molecule has 2 amide bonds. The van der Waals surface area contributed by atoms with Crippen LogP contribution < -0.4 is 10.6 Å². The van der Waals surface area contributed by atoms with Crippen molar-refractivity contribution in [1.82, 2.24) is 25.5 Å². The Morgan fingerprint density at radius 2 is 1.81 bits per heavy atom. The van der Waals surface area contributed by atoms with E-state index in [0.29, 0.717) is 19.6 Å². The predicted molar refractivity (Wildman–Crippen MR) is 93.0 cm³/mol. The minimum absolute atomic E-state index is 0.00295. The monoisotopic (exact) mass is 357 g/mol. The molecule has 0 spiro atoms. The van der Waals surface area contributed by atoms with Crippen LogP contribution in [0.3, 0.4) is 0 Å². The number of nitrogens with zero attached hydrogens (tertiary/aromatic N) is 3. The van der Waals surface area contributed by atoms with Crippen LogP contribution in [-0.2, 0) is 6.54 Å². The first-order valence-electron chi connectivity index (χ1n) is 8.49.